The first kappa shape index (κ1) is 13.0. The predicted molar refractivity (Wildman–Crippen MR) is 67.2 cm³/mol. The summed E-state index contributed by atoms with van der Waals surface area (Å²) >= 11 is 0. The average molecular weight is 212 g/mol. The molecule has 90 valence electrons. The van der Waals surface area contributed by atoms with Gasteiger partial charge in [0.05, 0.1) is 0 Å². The van der Waals surface area contributed by atoms with E-state index in [0.29, 0.717) is 23.7 Å². The van der Waals surface area contributed by atoms with Gasteiger partial charge >= 0.3 is 0 Å². The van der Waals surface area contributed by atoms with Crippen LogP contribution >= 0.6 is 0 Å². The fourth-order valence-corrected chi connectivity index (χ4v) is 2.84. The lowest BCUT2D eigenvalue weighted by Gasteiger charge is -2.51. The van der Waals surface area contributed by atoms with Crippen molar-refractivity contribution in [2.45, 2.75) is 72.1 Å². The Morgan fingerprint density at radius 2 is 1.53 bits per heavy atom. The van der Waals surface area contributed by atoms with Crippen LogP contribution in [0.25, 0.3) is 0 Å². The Bertz CT molecular complexity index is 205. The van der Waals surface area contributed by atoms with Crippen LogP contribution in [0, 0.1) is 0 Å². The van der Waals surface area contributed by atoms with Gasteiger partial charge in [-0.1, -0.05) is 0 Å². The van der Waals surface area contributed by atoms with Crippen molar-refractivity contribution < 1.29 is 0 Å². The Morgan fingerprint density at radius 1 is 1.00 bits per heavy atom. The minimum atomic E-state index is 0.302. The highest BCUT2D eigenvalue weighted by molar-refractivity contribution is 4.92. The molecular weight excluding hydrogens is 184 g/mol. The number of hydrogen-bond acceptors (Lipinski definition) is 2. The van der Waals surface area contributed by atoms with Crippen molar-refractivity contribution in [3.63, 3.8) is 0 Å². The van der Waals surface area contributed by atoms with Crippen molar-refractivity contribution >= 4 is 0 Å². The molecule has 0 saturated carbocycles. The summed E-state index contributed by atoms with van der Waals surface area (Å²) in [6, 6.07) is 1.99. The zero-order valence-electron chi connectivity index (χ0n) is 11.5. The number of piperazine rings is 1. The first-order valence-corrected chi connectivity index (χ1v) is 6.27. The molecule has 0 unspecified atom stereocenters. The molecule has 1 rings (SSSR count). The zero-order valence-corrected chi connectivity index (χ0v) is 11.5. The minimum Gasteiger partial charge on any atom is -0.295 e. The maximum atomic E-state index is 2.64. The monoisotopic (exact) mass is 212 g/mol. The van der Waals surface area contributed by atoms with Gasteiger partial charge in [0.15, 0.2) is 0 Å². The fraction of sp³-hybridized carbons (Fsp3) is 1.00. The van der Waals surface area contributed by atoms with Gasteiger partial charge < -0.3 is 0 Å². The summed E-state index contributed by atoms with van der Waals surface area (Å²) in [7, 11) is 0. The molecule has 2 atom stereocenters. The minimum absolute atomic E-state index is 0.302. The Balaban J connectivity index is 2.73. The highest BCUT2D eigenvalue weighted by Gasteiger charge is 2.36. The second kappa shape index (κ2) is 4.42. The van der Waals surface area contributed by atoms with Crippen molar-refractivity contribution in [2.24, 2.45) is 0 Å². The van der Waals surface area contributed by atoms with Crippen LogP contribution in [0.4, 0.5) is 0 Å². The molecule has 0 aromatic heterocycles. The molecule has 0 amide bonds. The van der Waals surface area contributed by atoms with Gasteiger partial charge in [0.2, 0.25) is 0 Å². The molecule has 0 aromatic carbocycles. The first-order chi connectivity index (χ1) is 6.75. The van der Waals surface area contributed by atoms with Gasteiger partial charge in [-0.05, 0) is 48.5 Å². The summed E-state index contributed by atoms with van der Waals surface area (Å²) in [6.45, 7) is 18.7. The standard InChI is InChI=1S/C13H28N2/c1-10(2)14-8-9-15(13(5,6)7)12(4)11(14)3/h10-12H,8-9H2,1-7H3/t11-,12+/m1/s1. The fourth-order valence-electron chi connectivity index (χ4n) is 2.84. The molecule has 0 aliphatic carbocycles. The third-order valence-electron chi connectivity index (χ3n) is 3.84. The Labute approximate surface area is 95.6 Å². The molecule has 2 heteroatoms. The number of hydrogen-bond donors (Lipinski definition) is 0. The highest BCUT2D eigenvalue weighted by Crippen LogP contribution is 2.25. The third-order valence-corrected chi connectivity index (χ3v) is 3.84. The molecule has 0 bridgehead atoms. The normalized spacial score (nSPS) is 31.2. The van der Waals surface area contributed by atoms with E-state index in [1.807, 2.05) is 0 Å². The quantitative estimate of drug-likeness (QED) is 0.659. The SMILES string of the molecule is CC(C)N1CCN(C(C)(C)C)[C@@H](C)[C@H]1C. The summed E-state index contributed by atoms with van der Waals surface area (Å²) in [5.74, 6) is 0. The molecule has 0 spiro atoms. The van der Waals surface area contributed by atoms with Crippen LogP contribution in [-0.2, 0) is 0 Å². The topological polar surface area (TPSA) is 6.48 Å². The summed E-state index contributed by atoms with van der Waals surface area (Å²) in [4.78, 5) is 5.25. The van der Waals surface area contributed by atoms with Crippen LogP contribution in [0.3, 0.4) is 0 Å². The summed E-state index contributed by atoms with van der Waals surface area (Å²) in [6.07, 6.45) is 0. The van der Waals surface area contributed by atoms with E-state index < -0.39 is 0 Å². The van der Waals surface area contributed by atoms with Gasteiger partial charge in [-0.25, -0.2) is 0 Å². The van der Waals surface area contributed by atoms with E-state index in [9.17, 15) is 0 Å². The smallest absolute Gasteiger partial charge is 0.0226 e. The molecule has 1 aliphatic heterocycles. The first-order valence-electron chi connectivity index (χ1n) is 6.27. The molecule has 1 aliphatic rings. The second-order valence-corrected chi connectivity index (χ2v) is 6.18. The van der Waals surface area contributed by atoms with Crippen molar-refractivity contribution in [3.8, 4) is 0 Å². The zero-order chi connectivity index (χ0) is 11.8. The van der Waals surface area contributed by atoms with Crippen LogP contribution in [0.5, 0.6) is 0 Å². The largest absolute Gasteiger partial charge is 0.295 e. The maximum absolute atomic E-state index is 2.64. The van der Waals surface area contributed by atoms with Crippen LogP contribution in [0.1, 0.15) is 48.5 Å². The van der Waals surface area contributed by atoms with E-state index in [4.69, 9.17) is 0 Å². The molecule has 0 radical (unpaired) electrons. The van der Waals surface area contributed by atoms with Gasteiger partial charge in [0.25, 0.3) is 0 Å². The van der Waals surface area contributed by atoms with Gasteiger partial charge in [0, 0.05) is 36.8 Å². The van der Waals surface area contributed by atoms with Gasteiger partial charge in [-0.3, -0.25) is 9.80 Å². The molecule has 2 nitrogen and oxygen atoms in total. The summed E-state index contributed by atoms with van der Waals surface area (Å²) in [5.41, 5.74) is 0.302. The molecule has 15 heavy (non-hydrogen) atoms. The lowest BCUT2D eigenvalue weighted by atomic mass is 9.95. The van der Waals surface area contributed by atoms with Gasteiger partial charge in [-0.15, -0.1) is 0 Å². The maximum Gasteiger partial charge on any atom is 0.0226 e. The van der Waals surface area contributed by atoms with Crippen LogP contribution in [-0.4, -0.2) is 46.6 Å². The van der Waals surface area contributed by atoms with E-state index in [2.05, 4.69) is 58.3 Å². The Kier molecular flexibility index (Phi) is 3.83. The van der Waals surface area contributed by atoms with E-state index in [1.165, 1.54) is 13.1 Å². The van der Waals surface area contributed by atoms with Crippen LogP contribution in [0.15, 0.2) is 0 Å². The predicted octanol–water partition coefficient (Wildman–Crippen LogP) is 2.59. The van der Waals surface area contributed by atoms with E-state index in [-0.39, 0.29) is 0 Å². The third kappa shape index (κ3) is 2.73. The molecule has 1 fully saturated rings. The van der Waals surface area contributed by atoms with Crippen LogP contribution in [0.2, 0.25) is 0 Å². The average Bonchev–Trinajstić information content (AvgIpc) is 2.06. The summed E-state index contributed by atoms with van der Waals surface area (Å²) < 4.78 is 0. The Hall–Kier alpha value is -0.0800. The van der Waals surface area contributed by atoms with E-state index in [0.717, 1.165) is 0 Å². The molecule has 0 aromatic rings. The number of rotatable bonds is 1. The van der Waals surface area contributed by atoms with Crippen molar-refractivity contribution in [3.05, 3.63) is 0 Å². The van der Waals surface area contributed by atoms with Crippen molar-refractivity contribution in [2.75, 3.05) is 13.1 Å². The summed E-state index contributed by atoms with van der Waals surface area (Å²) in [5, 5.41) is 0. The van der Waals surface area contributed by atoms with Gasteiger partial charge in [-0.2, -0.15) is 0 Å². The Morgan fingerprint density at radius 3 is 1.93 bits per heavy atom. The van der Waals surface area contributed by atoms with Gasteiger partial charge in [0.1, 0.15) is 0 Å². The lowest BCUT2D eigenvalue weighted by molar-refractivity contribution is -0.0286. The van der Waals surface area contributed by atoms with E-state index in [1.54, 1.807) is 0 Å². The van der Waals surface area contributed by atoms with Crippen molar-refractivity contribution in [1.29, 1.82) is 0 Å². The lowest BCUT2D eigenvalue weighted by Crippen LogP contribution is -2.63. The number of nitrogens with zero attached hydrogens (tertiary/aromatic N) is 2. The van der Waals surface area contributed by atoms with Crippen molar-refractivity contribution in [1.82, 2.24) is 9.80 Å². The highest BCUT2D eigenvalue weighted by atomic mass is 15.3. The molecular formula is C13H28N2. The van der Waals surface area contributed by atoms with E-state index >= 15 is 0 Å². The molecule has 0 N–H and O–H groups in total. The van der Waals surface area contributed by atoms with Crippen LogP contribution < -0.4 is 0 Å². The molecule has 1 heterocycles. The second-order valence-electron chi connectivity index (χ2n) is 6.18. The molecule has 1 saturated heterocycles.